The number of hydrogen-bond acceptors (Lipinski definition) is 2. The van der Waals surface area contributed by atoms with Crippen molar-refractivity contribution in [1.82, 2.24) is 0 Å². The molecule has 1 N–H and O–H groups in total. The quantitative estimate of drug-likeness (QED) is 0.648. The molecule has 0 aliphatic carbocycles. The van der Waals surface area contributed by atoms with Crippen molar-refractivity contribution < 1.29 is 9.84 Å². The van der Waals surface area contributed by atoms with E-state index in [9.17, 15) is 0 Å². The number of ether oxygens (including phenoxy) is 1. The Morgan fingerprint density at radius 2 is 2.00 bits per heavy atom. The molecule has 2 atom stereocenters. The van der Waals surface area contributed by atoms with E-state index in [0.29, 0.717) is 6.10 Å². The second-order valence-electron chi connectivity index (χ2n) is 3.18. The van der Waals surface area contributed by atoms with Crippen molar-refractivity contribution in [3.63, 3.8) is 0 Å². The van der Waals surface area contributed by atoms with Crippen molar-refractivity contribution >= 4 is 0 Å². The fourth-order valence-corrected chi connectivity index (χ4v) is 1.45. The van der Waals surface area contributed by atoms with Crippen molar-refractivity contribution in [3.8, 4) is 0 Å². The lowest BCUT2D eigenvalue weighted by Crippen LogP contribution is -2.06. The van der Waals surface area contributed by atoms with Crippen LogP contribution in [0.1, 0.15) is 39.5 Å². The average Bonchev–Trinajstić information content (AvgIpc) is 2.93. The molecule has 1 aliphatic rings. The molecule has 0 spiro atoms. The highest BCUT2D eigenvalue weighted by molar-refractivity contribution is 4.77. The minimum atomic E-state index is 0.636. The van der Waals surface area contributed by atoms with Gasteiger partial charge in [-0.1, -0.05) is 33.1 Å². The fourth-order valence-electron chi connectivity index (χ4n) is 1.45. The largest absolute Gasteiger partial charge is 0.400 e. The zero-order valence-electron chi connectivity index (χ0n) is 8.55. The fraction of sp³-hybridized carbons (Fsp3) is 1.00. The Hall–Kier alpha value is -0.0800. The van der Waals surface area contributed by atoms with Crippen LogP contribution in [0.5, 0.6) is 0 Å². The summed E-state index contributed by atoms with van der Waals surface area (Å²) in [4.78, 5) is 0. The SMILES string of the molecule is CCCCC(CC)C1CO1.CO. The topological polar surface area (TPSA) is 32.8 Å². The van der Waals surface area contributed by atoms with Crippen LogP contribution in [0.25, 0.3) is 0 Å². The van der Waals surface area contributed by atoms with Crippen molar-refractivity contribution in [2.45, 2.75) is 45.6 Å². The molecular formula is C10H22O2. The first-order valence-corrected chi connectivity index (χ1v) is 4.94. The third-order valence-corrected chi connectivity index (χ3v) is 2.34. The number of rotatable bonds is 5. The number of epoxide rings is 1. The van der Waals surface area contributed by atoms with Crippen LogP contribution in [-0.4, -0.2) is 24.9 Å². The van der Waals surface area contributed by atoms with Gasteiger partial charge in [0.2, 0.25) is 0 Å². The molecule has 0 aromatic heterocycles. The summed E-state index contributed by atoms with van der Waals surface area (Å²) in [5, 5.41) is 7.00. The summed E-state index contributed by atoms with van der Waals surface area (Å²) >= 11 is 0. The van der Waals surface area contributed by atoms with Crippen LogP contribution in [-0.2, 0) is 4.74 Å². The molecule has 0 radical (unpaired) electrons. The van der Waals surface area contributed by atoms with Crippen LogP contribution in [0.4, 0.5) is 0 Å². The molecule has 12 heavy (non-hydrogen) atoms. The molecule has 1 fully saturated rings. The van der Waals surface area contributed by atoms with Gasteiger partial charge in [-0.25, -0.2) is 0 Å². The highest BCUT2D eigenvalue weighted by atomic mass is 16.6. The Morgan fingerprint density at radius 3 is 2.33 bits per heavy atom. The molecule has 74 valence electrons. The van der Waals surface area contributed by atoms with Gasteiger partial charge < -0.3 is 9.84 Å². The van der Waals surface area contributed by atoms with E-state index in [1.807, 2.05) is 0 Å². The predicted molar refractivity (Wildman–Crippen MR) is 51.2 cm³/mol. The lowest BCUT2D eigenvalue weighted by Gasteiger charge is -2.09. The van der Waals surface area contributed by atoms with E-state index in [4.69, 9.17) is 9.84 Å². The number of aliphatic hydroxyl groups is 1. The first-order valence-electron chi connectivity index (χ1n) is 4.94. The van der Waals surface area contributed by atoms with Crippen molar-refractivity contribution in [1.29, 1.82) is 0 Å². The van der Waals surface area contributed by atoms with E-state index in [0.717, 1.165) is 19.6 Å². The molecule has 0 amide bonds. The molecule has 0 aromatic carbocycles. The van der Waals surface area contributed by atoms with E-state index in [-0.39, 0.29) is 0 Å². The van der Waals surface area contributed by atoms with E-state index in [1.54, 1.807) is 0 Å². The number of unbranched alkanes of at least 4 members (excludes halogenated alkanes) is 1. The second-order valence-corrected chi connectivity index (χ2v) is 3.18. The molecule has 1 saturated heterocycles. The highest BCUT2D eigenvalue weighted by Crippen LogP contribution is 2.27. The summed E-state index contributed by atoms with van der Waals surface area (Å²) in [6.07, 6.45) is 6.00. The highest BCUT2D eigenvalue weighted by Gasteiger charge is 2.30. The minimum Gasteiger partial charge on any atom is -0.400 e. The molecule has 0 bridgehead atoms. The predicted octanol–water partition coefficient (Wildman–Crippen LogP) is 2.21. The van der Waals surface area contributed by atoms with Crippen molar-refractivity contribution in [3.05, 3.63) is 0 Å². The lowest BCUT2D eigenvalue weighted by molar-refractivity contribution is 0.304. The van der Waals surface area contributed by atoms with E-state index in [2.05, 4.69) is 13.8 Å². The van der Waals surface area contributed by atoms with Crippen LogP contribution in [0.2, 0.25) is 0 Å². The van der Waals surface area contributed by atoms with Crippen LogP contribution >= 0.6 is 0 Å². The maximum absolute atomic E-state index is 7.00. The van der Waals surface area contributed by atoms with Gasteiger partial charge in [0, 0.05) is 7.11 Å². The third-order valence-electron chi connectivity index (χ3n) is 2.34. The molecule has 1 rings (SSSR count). The zero-order valence-corrected chi connectivity index (χ0v) is 8.55. The summed E-state index contributed by atoms with van der Waals surface area (Å²) in [5.74, 6) is 0.861. The smallest absolute Gasteiger partial charge is 0.0837 e. The lowest BCUT2D eigenvalue weighted by atomic mass is 9.96. The van der Waals surface area contributed by atoms with Crippen LogP contribution in [0.15, 0.2) is 0 Å². The van der Waals surface area contributed by atoms with Gasteiger partial charge in [-0.05, 0) is 12.3 Å². The number of hydrogen-bond donors (Lipinski definition) is 1. The molecule has 0 aromatic rings. The van der Waals surface area contributed by atoms with Crippen molar-refractivity contribution in [2.75, 3.05) is 13.7 Å². The Morgan fingerprint density at radius 1 is 1.42 bits per heavy atom. The second kappa shape index (κ2) is 7.56. The Labute approximate surface area is 75.9 Å². The molecule has 2 unspecified atom stereocenters. The Bertz CT molecular complexity index is 89.8. The molecule has 0 saturated carbocycles. The Balaban J connectivity index is 0.000000561. The van der Waals surface area contributed by atoms with Gasteiger partial charge in [-0.3, -0.25) is 0 Å². The zero-order chi connectivity index (χ0) is 9.40. The van der Waals surface area contributed by atoms with E-state index >= 15 is 0 Å². The van der Waals surface area contributed by atoms with Crippen LogP contribution in [0, 0.1) is 5.92 Å². The maximum Gasteiger partial charge on any atom is 0.0837 e. The van der Waals surface area contributed by atoms with E-state index in [1.165, 1.54) is 25.7 Å². The number of aliphatic hydroxyl groups excluding tert-OH is 1. The monoisotopic (exact) mass is 174 g/mol. The van der Waals surface area contributed by atoms with Gasteiger partial charge in [0.05, 0.1) is 12.7 Å². The first-order chi connectivity index (χ1) is 5.88. The summed E-state index contributed by atoms with van der Waals surface area (Å²) in [7, 11) is 1.00. The summed E-state index contributed by atoms with van der Waals surface area (Å²) in [5.41, 5.74) is 0. The molecular weight excluding hydrogens is 152 g/mol. The summed E-state index contributed by atoms with van der Waals surface area (Å²) in [6.45, 7) is 5.55. The minimum absolute atomic E-state index is 0.636. The van der Waals surface area contributed by atoms with E-state index < -0.39 is 0 Å². The maximum atomic E-state index is 7.00. The van der Waals surface area contributed by atoms with Crippen LogP contribution in [0.3, 0.4) is 0 Å². The normalized spacial score (nSPS) is 22.5. The van der Waals surface area contributed by atoms with Gasteiger partial charge in [-0.15, -0.1) is 0 Å². The molecule has 2 nitrogen and oxygen atoms in total. The standard InChI is InChI=1S/C9H18O.CH4O/c1-3-5-6-8(4-2)9-7-10-9;1-2/h8-9H,3-7H2,1-2H3;2H,1H3. The van der Waals surface area contributed by atoms with Crippen LogP contribution < -0.4 is 0 Å². The molecule has 2 heteroatoms. The Kier molecular flexibility index (Phi) is 7.51. The van der Waals surface area contributed by atoms with Gasteiger partial charge >= 0.3 is 0 Å². The van der Waals surface area contributed by atoms with Gasteiger partial charge in [0.15, 0.2) is 0 Å². The summed E-state index contributed by atoms with van der Waals surface area (Å²) < 4.78 is 5.26. The average molecular weight is 174 g/mol. The molecule has 1 aliphatic heterocycles. The van der Waals surface area contributed by atoms with Gasteiger partial charge in [0.25, 0.3) is 0 Å². The van der Waals surface area contributed by atoms with Gasteiger partial charge in [-0.2, -0.15) is 0 Å². The van der Waals surface area contributed by atoms with Gasteiger partial charge in [0.1, 0.15) is 0 Å². The first kappa shape index (κ1) is 11.9. The van der Waals surface area contributed by atoms with Crippen molar-refractivity contribution in [2.24, 2.45) is 5.92 Å². The third kappa shape index (κ3) is 4.73. The summed E-state index contributed by atoms with van der Waals surface area (Å²) in [6, 6.07) is 0. The molecule has 1 heterocycles.